The molecule has 0 aliphatic carbocycles. The SMILES string of the molecule is FC(F)(I)OCc1ccccc1-n1cccn1. The number of rotatable bonds is 4. The van der Waals surface area contributed by atoms with Crippen molar-refractivity contribution in [3.05, 3.63) is 48.3 Å². The van der Waals surface area contributed by atoms with E-state index >= 15 is 0 Å². The zero-order valence-electron chi connectivity index (χ0n) is 8.69. The Balaban J connectivity index is 2.23. The molecule has 0 unspecified atom stereocenters. The Morgan fingerprint density at radius 3 is 2.71 bits per heavy atom. The van der Waals surface area contributed by atoms with E-state index in [1.54, 1.807) is 41.3 Å². The van der Waals surface area contributed by atoms with E-state index in [0.717, 1.165) is 28.3 Å². The number of nitrogens with zero attached hydrogens (tertiary/aromatic N) is 2. The summed E-state index contributed by atoms with van der Waals surface area (Å²) in [4.78, 5) is 0. The number of halogens is 3. The first-order valence-electron chi connectivity index (χ1n) is 4.85. The highest BCUT2D eigenvalue weighted by Crippen LogP contribution is 2.26. The van der Waals surface area contributed by atoms with Crippen molar-refractivity contribution in [2.24, 2.45) is 0 Å². The van der Waals surface area contributed by atoms with Gasteiger partial charge in [0.15, 0.2) is 0 Å². The van der Waals surface area contributed by atoms with Gasteiger partial charge in [-0.05, 0) is 12.1 Å². The molecule has 0 fully saturated rings. The van der Waals surface area contributed by atoms with Crippen LogP contribution in [0.2, 0.25) is 0 Å². The Morgan fingerprint density at radius 2 is 2.06 bits per heavy atom. The van der Waals surface area contributed by atoms with Crippen molar-refractivity contribution in [1.29, 1.82) is 0 Å². The Hall–Kier alpha value is -1.02. The molecule has 90 valence electrons. The van der Waals surface area contributed by atoms with Crippen LogP contribution in [0.25, 0.3) is 5.69 Å². The average molecular weight is 350 g/mol. The van der Waals surface area contributed by atoms with Gasteiger partial charge >= 0.3 is 4.12 Å². The summed E-state index contributed by atoms with van der Waals surface area (Å²) in [5, 5.41) is 4.06. The molecule has 6 heteroatoms. The number of alkyl halides is 3. The van der Waals surface area contributed by atoms with E-state index in [9.17, 15) is 8.78 Å². The highest BCUT2D eigenvalue weighted by molar-refractivity contribution is 14.1. The number of hydrogen-bond donors (Lipinski definition) is 0. The van der Waals surface area contributed by atoms with Gasteiger partial charge in [0.05, 0.1) is 12.3 Å². The van der Waals surface area contributed by atoms with E-state index in [2.05, 4.69) is 9.84 Å². The molecule has 17 heavy (non-hydrogen) atoms. The van der Waals surface area contributed by atoms with Crippen molar-refractivity contribution in [2.75, 3.05) is 0 Å². The molecule has 0 saturated carbocycles. The average Bonchev–Trinajstić information content (AvgIpc) is 2.79. The zero-order valence-corrected chi connectivity index (χ0v) is 10.8. The molecule has 0 amide bonds. The zero-order chi connectivity index (χ0) is 12.3. The number of aromatic nitrogens is 2. The highest BCUT2D eigenvalue weighted by Gasteiger charge is 2.24. The third-order valence-corrected chi connectivity index (χ3v) is 2.45. The lowest BCUT2D eigenvalue weighted by Crippen LogP contribution is -2.12. The second-order valence-electron chi connectivity index (χ2n) is 3.31. The van der Waals surface area contributed by atoms with Crippen LogP contribution in [0.15, 0.2) is 42.7 Å². The largest absolute Gasteiger partial charge is 0.408 e. The van der Waals surface area contributed by atoms with Crippen LogP contribution < -0.4 is 0 Å². The predicted octanol–water partition coefficient (Wildman–Crippen LogP) is 3.37. The van der Waals surface area contributed by atoms with Gasteiger partial charge in [-0.1, -0.05) is 18.2 Å². The van der Waals surface area contributed by atoms with Crippen LogP contribution in [0.1, 0.15) is 5.56 Å². The van der Waals surface area contributed by atoms with Crippen LogP contribution in [0, 0.1) is 0 Å². The number of hydrogen-bond acceptors (Lipinski definition) is 2. The molecule has 0 spiro atoms. The van der Waals surface area contributed by atoms with Crippen LogP contribution in [0.3, 0.4) is 0 Å². The maximum atomic E-state index is 12.6. The molecule has 2 aromatic rings. The van der Waals surface area contributed by atoms with Crippen LogP contribution in [0.4, 0.5) is 8.78 Å². The molecule has 1 aromatic carbocycles. The summed E-state index contributed by atoms with van der Waals surface area (Å²) in [6, 6.07) is 8.90. The fraction of sp³-hybridized carbons (Fsp3) is 0.182. The monoisotopic (exact) mass is 350 g/mol. The molecule has 0 atom stereocenters. The normalized spacial score (nSPS) is 11.7. The lowest BCUT2D eigenvalue weighted by molar-refractivity contribution is -0.154. The highest BCUT2D eigenvalue weighted by atomic mass is 127. The summed E-state index contributed by atoms with van der Waals surface area (Å²) >= 11 is 0.951. The minimum Gasteiger partial charge on any atom is -0.307 e. The van der Waals surface area contributed by atoms with Gasteiger partial charge in [-0.3, -0.25) is 0 Å². The summed E-state index contributed by atoms with van der Waals surface area (Å²) in [6.45, 7) is -0.161. The molecule has 2 rings (SSSR count). The molecule has 3 nitrogen and oxygen atoms in total. The molecule has 0 bridgehead atoms. The van der Waals surface area contributed by atoms with Crippen molar-refractivity contribution in [2.45, 2.75) is 10.7 Å². The van der Waals surface area contributed by atoms with Crippen LogP contribution >= 0.6 is 22.6 Å². The Morgan fingerprint density at radius 1 is 1.29 bits per heavy atom. The number of benzene rings is 1. The fourth-order valence-electron chi connectivity index (χ4n) is 1.43. The molecule has 0 N–H and O–H groups in total. The summed E-state index contributed by atoms with van der Waals surface area (Å²) < 4.78 is 28.2. The van der Waals surface area contributed by atoms with E-state index in [1.165, 1.54) is 0 Å². The van der Waals surface area contributed by atoms with E-state index in [4.69, 9.17) is 0 Å². The minimum absolute atomic E-state index is 0.161. The lowest BCUT2D eigenvalue weighted by Gasteiger charge is -2.12. The van der Waals surface area contributed by atoms with Crippen molar-refractivity contribution in [3.63, 3.8) is 0 Å². The smallest absolute Gasteiger partial charge is 0.307 e. The number of para-hydroxylation sites is 1. The van der Waals surface area contributed by atoms with Crippen LogP contribution in [0.5, 0.6) is 0 Å². The maximum absolute atomic E-state index is 12.6. The second-order valence-corrected chi connectivity index (χ2v) is 4.57. The van der Waals surface area contributed by atoms with Gasteiger partial charge in [-0.25, -0.2) is 4.68 Å². The Labute approximate surface area is 111 Å². The van der Waals surface area contributed by atoms with Gasteiger partial charge in [0, 0.05) is 40.5 Å². The van der Waals surface area contributed by atoms with Gasteiger partial charge < -0.3 is 4.74 Å². The molecule has 1 aromatic heterocycles. The first kappa shape index (κ1) is 12.4. The maximum Gasteiger partial charge on any atom is 0.408 e. The molecular formula is C11H9F2IN2O. The first-order chi connectivity index (χ1) is 8.06. The molecule has 0 aliphatic heterocycles. The van der Waals surface area contributed by atoms with Crippen molar-refractivity contribution in [1.82, 2.24) is 9.78 Å². The topological polar surface area (TPSA) is 27.1 Å². The minimum atomic E-state index is -3.16. The van der Waals surface area contributed by atoms with E-state index in [1.807, 2.05) is 6.07 Å². The summed E-state index contributed by atoms with van der Waals surface area (Å²) in [5.74, 6) is 0. The molecule has 0 saturated heterocycles. The number of ether oxygens (including phenoxy) is 1. The van der Waals surface area contributed by atoms with Gasteiger partial charge in [0.25, 0.3) is 0 Å². The summed E-state index contributed by atoms with van der Waals surface area (Å²) in [7, 11) is 0. The predicted molar refractivity (Wildman–Crippen MR) is 67.3 cm³/mol. The van der Waals surface area contributed by atoms with Crippen LogP contribution in [-0.4, -0.2) is 13.9 Å². The molecule has 1 heterocycles. The van der Waals surface area contributed by atoms with E-state index in [0.29, 0.717) is 5.56 Å². The quantitative estimate of drug-likeness (QED) is 0.625. The van der Waals surface area contributed by atoms with Gasteiger partial charge in [0.2, 0.25) is 0 Å². The standard InChI is InChI=1S/C11H9F2IN2O/c12-11(13,14)17-8-9-4-1-2-5-10(9)16-7-3-6-15-16/h1-7H,8H2. The van der Waals surface area contributed by atoms with Crippen LogP contribution in [-0.2, 0) is 11.3 Å². The van der Waals surface area contributed by atoms with Crippen molar-refractivity contribution in [3.8, 4) is 5.69 Å². The third kappa shape index (κ3) is 3.47. The first-order valence-corrected chi connectivity index (χ1v) is 5.93. The fourth-order valence-corrected chi connectivity index (χ4v) is 1.58. The Kier molecular flexibility index (Phi) is 3.72. The van der Waals surface area contributed by atoms with Crippen molar-refractivity contribution >= 4 is 22.6 Å². The molecule has 0 aliphatic rings. The van der Waals surface area contributed by atoms with E-state index < -0.39 is 4.12 Å². The third-order valence-electron chi connectivity index (χ3n) is 2.13. The van der Waals surface area contributed by atoms with Gasteiger partial charge in [-0.15, -0.1) is 0 Å². The van der Waals surface area contributed by atoms with E-state index in [-0.39, 0.29) is 6.61 Å². The summed E-state index contributed by atoms with van der Waals surface area (Å²) in [6.07, 6.45) is 3.38. The van der Waals surface area contributed by atoms with Gasteiger partial charge in [0.1, 0.15) is 0 Å². The lowest BCUT2D eigenvalue weighted by atomic mass is 10.2. The Bertz CT molecular complexity index is 482. The molecular weight excluding hydrogens is 341 g/mol. The van der Waals surface area contributed by atoms with Crippen molar-refractivity contribution < 1.29 is 13.5 Å². The second kappa shape index (κ2) is 5.09. The molecule has 0 radical (unpaired) electrons. The van der Waals surface area contributed by atoms with Gasteiger partial charge in [-0.2, -0.15) is 13.9 Å². The summed E-state index contributed by atoms with van der Waals surface area (Å²) in [5.41, 5.74) is 1.39.